The van der Waals surface area contributed by atoms with Crippen LogP contribution >= 0.6 is 0 Å². The Morgan fingerprint density at radius 1 is 1.13 bits per heavy atom. The number of halogens is 5. The van der Waals surface area contributed by atoms with E-state index in [-0.39, 0.29) is 23.7 Å². The molecule has 16 heteroatoms. The lowest BCUT2D eigenvalue weighted by molar-refractivity contribution is -0.156. The molecule has 0 atom stereocenters. The molecule has 0 bridgehead atoms. The van der Waals surface area contributed by atoms with E-state index in [4.69, 9.17) is 14.3 Å². The van der Waals surface area contributed by atoms with E-state index in [1.807, 2.05) is 19.1 Å². The quantitative estimate of drug-likeness (QED) is 0.199. The van der Waals surface area contributed by atoms with Crippen LogP contribution < -0.4 is 15.4 Å². The Morgan fingerprint density at radius 3 is 2.54 bits per heavy atom. The Bertz CT molecular complexity index is 1710. The van der Waals surface area contributed by atoms with Gasteiger partial charge < -0.3 is 20.1 Å². The van der Waals surface area contributed by atoms with Crippen LogP contribution in [0.4, 0.5) is 27.9 Å². The number of ether oxygens (including phenoxy) is 2. The predicted octanol–water partition coefficient (Wildman–Crippen LogP) is 4.55. The second-order valence-corrected chi connectivity index (χ2v) is 10.6. The Kier molecular flexibility index (Phi) is 10.1. The zero-order valence-electron chi connectivity index (χ0n) is 24.6. The molecule has 1 aliphatic carbocycles. The molecule has 2 aromatic heterocycles. The molecule has 1 aliphatic heterocycles. The fourth-order valence-corrected chi connectivity index (χ4v) is 4.61. The normalized spacial score (nSPS) is 15.2. The zero-order valence-corrected chi connectivity index (χ0v) is 24.6. The Balaban J connectivity index is 0.000000635. The number of hydrogen-bond donors (Lipinski definition) is 2. The molecule has 2 aliphatic rings. The number of benzene rings is 2. The summed E-state index contributed by atoms with van der Waals surface area (Å²) in [5.74, 6) is -2.24. The third-order valence-electron chi connectivity index (χ3n) is 7.11. The predicted molar refractivity (Wildman–Crippen MR) is 156 cm³/mol. The first-order chi connectivity index (χ1) is 22.0. The number of amides is 1. The maximum absolute atomic E-state index is 14.4. The number of aldehydes is 1. The van der Waals surface area contributed by atoms with Crippen molar-refractivity contribution in [1.29, 1.82) is 0 Å². The number of carbonyl (C=O) groups excluding carboxylic acids is 2. The summed E-state index contributed by atoms with van der Waals surface area (Å²) in [6, 6.07) is 9.30. The van der Waals surface area contributed by atoms with Crippen molar-refractivity contribution >= 4 is 23.8 Å². The fraction of sp³-hybridized carbons (Fsp3) is 0.367. The summed E-state index contributed by atoms with van der Waals surface area (Å²) >= 11 is 0. The second kappa shape index (κ2) is 14.2. The minimum absolute atomic E-state index is 0.0895. The van der Waals surface area contributed by atoms with E-state index in [0.29, 0.717) is 42.5 Å². The van der Waals surface area contributed by atoms with Crippen LogP contribution in [0.5, 0.6) is 11.8 Å². The Labute approximate surface area is 259 Å². The molecule has 2 fully saturated rings. The van der Waals surface area contributed by atoms with Crippen LogP contribution in [0.2, 0.25) is 0 Å². The van der Waals surface area contributed by atoms with Gasteiger partial charge in [0.15, 0.2) is 17.2 Å². The minimum atomic E-state index is -4.64. The van der Waals surface area contributed by atoms with Gasteiger partial charge in [0.1, 0.15) is 0 Å². The average Bonchev–Trinajstić information content (AvgIpc) is 3.74. The minimum Gasteiger partial charge on any atom is -0.421 e. The molecule has 1 saturated heterocycles. The van der Waals surface area contributed by atoms with E-state index in [9.17, 15) is 26.7 Å². The van der Waals surface area contributed by atoms with Crippen LogP contribution in [0.3, 0.4) is 0 Å². The molecule has 0 spiro atoms. The van der Waals surface area contributed by atoms with Gasteiger partial charge >= 0.3 is 12.2 Å². The van der Waals surface area contributed by atoms with Crippen LogP contribution in [-0.2, 0) is 9.53 Å². The first kappa shape index (κ1) is 32.7. The highest BCUT2D eigenvalue weighted by molar-refractivity contribution is 5.97. The van der Waals surface area contributed by atoms with Crippen molar-refractivity contribution in [3.8, 4) is 22.9 Å². The fourth-order valence-electron chi connectivity index (χ4n) is 4.61. The number of nitrogens with one attached hydrogen (secondary N) is 2. The lowest BCUT2D eigenvalue weighted by Crippen LogP contribution is -2.39. The number of nitrogens with zero attached hydrogens (tertiary/aromatic N) is 5. The van der Waals surface area contributed by atoms with Gasteiger partial charge in [0.05, 0.1) is 19.4 Å². The molecule has 2 aromatic carbocycles. The van der Waals surface area contributed by atoms with Gasteiger partial charge in [-0.05, 0) is 49.1 Å². The molecule has 244 valence electrons. The van der Waals surface area contributed by atoms with Crippen molar-refractivity contribution < 1.29 is 41.0 Å². The molecule has 1 amide bonds. The molecule has 46 heavy (non-hydrogen) atoms. The van der Waals surface area contributed by atoms with Crippen molar-refractivity contribution in [3.05, 3.63) is 65.4 Å². The second-order valence-electron chi connectivity index (χ2n) is 10.6. The molecule has 1 saturated carbocycles. The highest BCUT2D eigenvalue weighted by Gasteiger charge is 2.26. The number of carbonyl (C=O) groups is 2. The van der Waals surface area contributed by atoms with Gasteiger partial charge in [-0.25, -0.2) is 4.39 Å². The van der Waals surface area contributed by atoms with Crippen LogP contribution in [-0.4, -0.2) is 88.3 Å². The first-order valence-electron chi connectivity index (χ1n) is 14.4. The third-order valence-corrected chi connectivity index (χ3v) is 7.11. The molecular formula is C30H30F5N7O4. The van der Waals surface area contributed by atoms with Crippen LogP contribution in [0.25, 0.3) is 16.8 Å². The summed E-state index contributed by atoms with van der Waals surface area (Å²) in [4.78, 5) is 32.5. The van der Waals surface area contributed by atoms with Crippen LogP contribution in [0, 0.1) is 18.6 Å². The Hall–Kier alpha value is -4.70. The average molecular weight is 648 g/mol. The maximum atomic E-state index is 14.4. The molecule has 0 unspecified atom stereocenters. The number of fused-ring (bicyclic) bond motifs is 1. The summed E-state index contributed by atoms with van der Waals surface area (Å²) in [6.07, 6.45) is -2.02. The van der Waals surface area contributed by atoms with E-state index in [2.05, 4.69) is 30.6 Å². The van der Waals surface area contributed by atoms with Gasteiger partial charge in [-0.3, -0.25) is 14.5 Å². The van der Waals surface area contributed by atoms with Crippen molar-refractivity contribution in [2.75, 3.05) is 44.7 Å². The largest absolute Gasteiger partial charge is 0.446 e. The summed E-state index contributed by atoms with van der Waals surface area (Å²) < 4.78 is 72.0. The lowest BCUT2D eigenvalue weighted by atomic mass is 10.0. The van der Waals surface area contributed by atoms with Gasteiger partial charge in [0.2, 0.25) is 18.1 Å². The number of rotatable bonds is 9. The number of anilines is 1. The maximum Gasteiger partial charge on any atom is 0.446 e. The van der Waals surface area contributed by atoms with Gasteiger partial charge in [-0.15, -0.1) is 0 Å². The number of alkyl halides is 3. The zero-order chi connectivity index (χ0) is 32.8. The molecule has 3 heterocycles. The monoisotopic (exact) mass is 647 g/mol. The van der Waals surface area contributed by atoms with Crippen molar-refractivity contribution in [1.82, 2.24) is 29.8 Å². The number of hydrogen-bond acceptors (Lipinski definition) is 9. The van der Waals surface area contributed by atoms with Gasteiger partial charge in [0.25, 0.3) is 5.91 Å². The lowest BCUT2D eigenvalue weighted by Gasteiger charge is -2.26. The van der Waals surface area contributed by atoms with E-state index >= 15 is 0 Å². The molecule has 0 radical (unpaired) electrons. The molecule has 4 aromatic rings. The highest BCUT2D eigenvalue weighted by atomic mass is 19.4. The van der Waals surface area contributed by atoms with Gasteiger partial charge in [-0.2, -0.15) is 37.1 Å². The summed E-state index contributed by atoms with van der Waals surface area (Å²) in [6.45, 7) is 6.25. The summed E-state index contributed by atoms with van der Waals surface area (Å²) in [7, 11) is 0. The summed E-state index contributed by atoms with van der Waals surface area (Å²) in [5, 5.41) is 10.8. The highest BCUT2D eigenvalue weighted by Crippen LogP contribution is 2.30. The number of aryl methyl sites for hydroxylation is 1. The standard InChI is InChI=1S/C28H29F2N7O3.C2HF3O/c1-17-15-18(5-8-20(17)26(38)33-19-6-7-19)21-16-32-37-25(21)34-28(40-23-4-2-3-22(29)24(23)30)35-27(37)31-9-10-36-11-13-39-14-12-36;3-2(4,5)1-6/h2-5,8,15-16,19H,6-7,9-14H2,1H3,(H,33,38)(H,31,34,35);1H. The third kappa shape index (κ3) is 8.31. The molecule has 2 N–H and O–H groups in total. The van der Waals surface area contributed by atoms with Crippen LogP contribution in [0.1, 0.15) is 28.8 Å². The van der Waals surface area contributed by atoms with E-state index in [1.165, 1.54) is 12.1 Å². The number of aromatic nitrogens is 4. The van der Waals surface area contributed by atoms with Crippen molar-refractivity contribution in [3.63, 3.8) is 0 Å². The topological polar surface area (TPSA) is 123 Å². The molecular weight excluding hydrogens is 617 g/mol. The van der Waals surface area contributed by atoms with Gasteiger partial charge in [0, 0.05) is 43.3 Å². The number of morpholine rings is 1. The summed E-state index contributed by atoms with van der Waals surface area (Å²) in [5.41, 5.74) is 3.28. The molecule has 11 nitrogen and oxygen atoms in total. The van der Waals surface area contributed by atoms with Crippen molar-refractivity contribution in [2.45, 2.75) is 32.0 Å². The smallest absolute Gasteiger partial charge is 0.421 e. The SMILES string of the molecule is Cc1cc(-c2cnn3c(NCCN4CCOCC4)nc(Oc4cccc(F)c4F)nc23)ccc1C(=O)NC1CC1.O=CC(F)(F)F. The van der Waals surface area contributed by atoms with Gasteiger partial charge in [-0.1, -0.05) is 18.2 Å². The van der Waals surface area contributed by atoms with Crippen LogP contribution in [0.15, 0.2) is 42.6 Å². The van der Waals surface area contributed by atoms with E-state index < -0.39 is 24.1 Å². The van der Waals surface area contributed by atoms with E-state index in [1.54, 1.807) is 16.8 Å². The van der Waals surface area contributed by atoms with Crippen molar-refractivity contribution in [2.24, 2.45) is 0 Å². The molecule has 6 rings (SSSR count). The van der Waals surface area contributed by atoms with E-state index in [0.717, 1.165) is 49.7 Å². The first-order valence-corrected chi connectivity index (χ1v) is 14.4. The Morgan fingerprint density at radius 2 is 1.87 bits per heavy atom.